The van der Waals surface area contributed by atoms with Crippen LogP contribution < -0.4 is 4.90 Å². The fraction of sp³-hybridized carbons (Fsp3) is 0.0159. The average molecular weight is 858 g/mol. The lowest BCUT2D eigenvalue weighted by molar-refractivity contribution is 0.673. The van der Waals surface area contributed by atoms with E-state index in [0.717, 1.165) is 49.8 Å². The van der Waals surface area contributed by atoms with Crippen molar-refractivity contribution in [2.75, 3.05) is 4.90 Å². The number of thiophene rings is 1. The molecule has 0 spiro atoms. The minimum Gasteiger partial charge on any atom is -0.453 e. The monoisotopic (exact) mass is 857 g/mol. The van der Waals surface area contributed by atoms with Gasteiger partial charge in [0.05, 0.1) is 11.1 Å². The van der Waals surface area contributed by atoms with E-state index in [1.165, 1.54) is 75.5 Å². The molecule has 0 amide bonds. The van der Waals surface area contributed by atoms with Gasteiger partial charge in [0, 0.05) is 47.7 Å². The van der Waals surface area contributed by atoms with Gasteiger partial charge in [0.2, 0.25) is 0 Å². The second kappa shape index (κ2) is 14.4. The molecule has 0 saturated heterocycles. The number of hydrogen-bond donors (Lipinski definition) is 0. The normalized spacial score (nSPS) is 13.0. The Labute approximate surface area is 385 Å². The molecule has 2 heterocycles. The fourth-order valence-corrected chi connectivity index (χ4v) is 12.6. The molecule has 0 saturated carbocycles. The van der Waals surface area contributed by atoms with Crippen molar-refractivity contribution in [1.82, 2.24) is 0 Å². The first-order valence-electron chi connectivity index (χ1n) is 22.7. The van der Waals surface area contributed by atoms with Crippen LogP contribution in [0, 0.1) is 0 Å². The maximum atomic E-state index is 7.15. The molecule has 1 aliphatic carbocycles. The predicted molar refractivity (Wildman–Crippen MR) is 279 cm³/mol. The number of rotatable bonds is 6. The van der Waals surface area contributed by atoms with Gasteiger partial charge >= 0.3 is 0 Å². The number of fused-ring (bicyclic) bond motifs is 13. The zero-order valence-corrected chi connectivity index (χ0v) is 36.6. The second-order valence-electron chi connectivity index (χ2n) is 17.5. The molecule has 13 aromatic rings. The molecule has 2 nitrogen and oxygen atoms in total. The summed E-state index contributed by atoms with van der Waals surface area (Å²) in [5, 5.41) is 9.63. The van der Waals surface area contributed by atoms with Crippen LogP contribution in [-0.4, -0.2) is 0 Å². The summed E-state index contributed by atoms with van der Waals surface area (Å²) in [6, 6.07) is 87.0. The molecule has 0 aliphatic heterocycles. The molecule has 2 aromatic heterocycles. The smallest absolute Gasteiger partial charge is 0.159 e. The van der Waals surface area contributed by atoms with Crippen LogP contribution in [-0.2, 0) is 5.41 Å². The van der Waals surface area contributed by atoms with Crippen molar-refractivity contribution >= 4 is 92.1 Å². The van der Waals surface area contributed by atoms with Gasteiger partial charge < -0.3 is 9.32 Å². The van der Waals surface area contributed by atoms with E-state index in [1.807, 2.05) is 11.3 Å². The zero-order valence-electron chi connectivity index (χ0n) is 35.8. The van der Waals surface area contributed by atoms with Crippen LogP contribution in [0.3, 0.4) is 0 Å². The summed E-state index contributed by atoms with van der Waals surface area (Å²) in [6.45, 7) is 0. The molecular formula is C63H39NOS. The van der Waals surface area contributed by atoms with Gasteiger partial charge in [-0.1, -0.05) is 200 Å². The lowest BCUT2D eigenvalue weighted by Crippen LogP contribution is -2.28. The minimum absolute atomic E-state index is 0.552. The third-order valence-electron chi connectivity index (χ3n) is 14.1. The highest BCUT2D eigenvalue weighted by molar-refractivity contribution is 7.27. The molecule has 0 fully saturated rings. The number of hydrogen-bond acceptors (Lipinski definition) is 3. The first-order chi connectivity index (χ1) is 32.7. The van der Waals surface area contributed by atoms with Gasteiger partial charge in [0.25, 0.3) is 0 Å². The molecule has 308 valence electrons. The van der Waals surface area contributed by atoms with Crippen LogP contribution in [0.15, 0.2) is 241 Å². The molecule has 14 rings (SSSR count). The molecule has 0 N–H and O–H groups in total. The van der Waals surface area contributed by atoms with Crippen molar-refractivity contribution in [3.8, 4) is 22.3 Å². The van der Waals surface area contributed by atoms with E-state index in [-0.39, 0.29) is 0 Å². The first-order valence-corrected chi connectivity index (χ1v) is 23.5. The minimum atomic E-state index is -0.552. The maximum Gasteiger partial charge on any atom is 0.159 e. The molecule has 0 bridgehead atoms. The van der Waals surface area contributed by atoms with Crippen molar-refractivity contribution in [2.24, 2.45) is 0 Å². The highest BCUT2D eigenvalue weighted by atomic mass is 32.1. The summed E-state index contributed by atoms with van der Waals surface area (Å²) in [4.78, 5) is 2.43. The third-order valence-corrected chi connectivity index (χ3v) is 15.4. The standard InChI is InChI=1S/C63H39NOS/c1-3-19-43(20-4-1)63(44-21-5-2-6-22-44)56-30-12-11-26-50(56)51-37-34-46(39-57(51)63)64(58-31-15-28-52-53-35-32-40-16-7-9-24-47(40)59(53)65-60(52)58)45-23-13-18-42(38-45)49-27-14-29-54-55-36-33-41-17-8-10-25-48(41)61(55)66-62(49)54/h1-39H. The highest BCUT2D eigenvalue weighted by Gasteiger charge is 2.46. The molecule has 0 unspecified atom stereocenters. The van der Waals surface area contributed by atoms with Crippen LogP contribution in [0.2, 0.25) is 0 Å². The number of nitrogens with zero attached hydrogens (tertiary/aromatic N) is 1. The van der Waals surface area contributed by atoms with E-state index in [4.69, 9.17) is 4.42 Å². The quantitative estimate of drug-likeness (QED) is 0.166. The van der Waals surface area contributed by atoms with Crippen molar-refractivity contribution in [3.05, 3.63) is 259 Å². The number of benzene rings is 11. The highest BCUT2D eigenvalue weighted by Crippen LogP contribution is 2.58. The summed E-state index contributed by atoms with van der Waals surface area (Å²) in [7, 11) is 0. The predicted octanol–water partition coefficient (Wildman–Crippen LogP) is 17.8. The third kappa shape index (κ3) is 5.29. The number of furan rings is 1. The van der Waals surface area contributed by atoms with Crippen LogP contribution >= 0.6 is 11.3 Å². The van der Waals surface area contributed by atoms with Gasteiger partial charge in [-0.2, -0.15) is 0 Å². The first kappa shape index (κ1) is 37.2. The summed E-state index contributed by atoms with van der Waals surface area (Å²) in [5.41, 5.74) is 14.2. The van der Waals surface area contributed by atoms with Gasteiger partial charge in [-0.05, 0) is 97.1 Å². The van der Waals surface area contributed by atoms with E-state index in [0.29, 0.717) is 0 Å². The average Bonchev–Trinajstić information content (AvgIpc) is 4.06. The lowest BCUT2D eigenvalue weighted by Gasteiger charge is -2.35. The SMILES string of the molecule is c1ccc(C2(c3ccccc3)c3ccccc3-c3ccc(N(c4cccc(-c5cccc6c5sc5c7ccccc7ccc65)c4)c4cccc5c4oc4c6ccccc6ccc54)cc32)cc1. The zero-order chi connectivity index (χ0) is 43.3. The summed E-state index contributed by atoms with van der Waals surface area (Å²) in [5.74, 6) is 0. The molecule has 1 aliphatic rings. The molecule has 11 aromatic carbocycles. The van der Waals surface area contributed by atoms with Crippen LogP contribution in [0.25, 0.3) is 85.9 Å². The Balaban J connectivity index is 1.04. The Bertz CT molecular complexity index is 4030. The van der Waals surface area contributed by atoms with Crippen molar-refractivity contribution in [2.45, 2.75) is 5.41 Å². The second-order valence-corrected chi connectivity index (χ2v) is 18.5. The molecule has 0 atom stereocenters. The largest absolute Gasteiger partial charge is 0.453 e. The summed E-state index contributed by atoms with van der Waals surface area (Å²) >= 11 is 1.90. The molecular weight excluding hydrogens is 819 g/mol. The van der Waals surface area contributed by atoms with Gasteiger partial charge in [0.1, 0.15) is 5.58 Å². The Morgan fingerprint density at radius 3 is 1.74 bits per heavy atom. The van der Waals surface area contributed by atoms with E-state index in [2.05, 4.69) is 241 Å². The van der Waals surface area contributed by atoms with Crippen molar-refractivity contribution in [3.63, 3.8) is 0 Å². The summed E-state index contributed by atoms with van der Waals surface area (Å²) < 4.78 is 9.77. The van der Waals surface area contributed by atoms with Gasteiger partial charge in [-0.3, -0.25) is 0 Å². The maximum absolute atomic E-state index is 7.15. The van der Waals surface area contributed by atoms with Gasteiger partial charge in [-0.25, -0.2) is 0 Å². The molecule has 3 heteroatoms. The van der Waals surface area contributed by atoms with Gasteiger partial charge in [-0.15, -0.1) is 11.3 Å². The van der Waals surface area contributed by atoms with Gasteiger partial charge in [0.15, 0.2) is 5.58 Å². The van der Waals surface area contributed by atoms with E-state index < -0.39 is 5.41 Å². The topological polar surface area (TPSA) is 16.4 Å². The Kier molecular flexibility index (Phi) is 8.10. The van der Waals surface area contributed by atoms with E-state index in [9.17, 15) is 0 Å². The van der Waals surface area contributed by atoms with Crippen LogP contribution in [0.5, 0.6) is 0 Å². The Morgan fingerprint density at radius 2 is 0.924 bits per heavy atom. The Hall–Kier alpha value is -8.24. The van der Waals surface area contributed by atoms with E-state index in [1.54, 1.807) is 0 Å². The fourth-order valence-electron chi connectivity index (χ4n) is 11.3. The number of para-hydroxylation sites is 1. The molecule has 66 heavy (non-hydrogen) atoms. The number of anilines is 3. The molecule has 0 radical (unpaired) electrons. The van der Waals surface area contributed by atoms with E-state index >= 15 is 0 Å². The summed E-state index contributed by atoms with van der Waals surface area (Å²) in [6.07, 6.45) is 0. The van der Waals surface area contributed by atoms with Crippen LogP contribution in [0.1, 0.15) is 22.3 Å². The van der Waals surface area contributed by atoms with Crippen LogP contribution in [0.4, 0.5) is 17.1 Å². The van der Waals surface area contributed by atoms with Crippen molar-refractivity contribution < 1.29 is 4.42 Å². The Morgan fingerprint density at radius 1 is 0.348 bits per heavy atom. The lowest BCUT2D eigenvalue weighted by atomic mass is 9.67. The van der Waals surface area contributed by atoms with Crippen molar-refractivity contribution in [1.29, 1.82) is 0 Å².